The van der Waals surface area contributed by atoms with Gasteiger partial charge in [-0.1, -0.05) is 42.5 Å². The molecule has 0 aliphatic heterocycles. The second kappa shape index (κ2) is 7.24. The van der Waals surface area contributed by atoms with Gasteiger partial charge in [0.15, 0.2) is 0 Å². The fourth-order valence-corrected chi connectivity index (χ4v) is 3.07. The number of nitrogens with zero attached hydrogens (tertiary/aromatic N) is 2. The van der Waals surface area contributed by atoms with E-state index >= 15 is 0 Å². The number of thiocarbonyl (C=S) groups is 1. The lowest BCUT2D eigenvalue weighted by Crippen LogP contribution is -2.43. The third-order valence-corrected chi connectivity index (χ3v) is 4.12. The third kappa shape index (κ3) is 5.01. The van der Waals surface area contributed by atoms with Gasteiger partial charge in [-0.3, -0.25) is 0 Å². The van der Waals surface area contributed by atoms with Gasteiger partial charge in [-0.25, -0.2) is 0 Å². The average Bonchev–Trinajstić information content (AvgIpc) is 2.59. The van der Waals surface area contributed by atoms with E-state index in [9.17, 15) is 0 Å². The summed E-state index contributed by atoms with van der Waals surface area (Å²) in [5.41, 5.74) is -0.880. The summed E-state index contributed by atoms with van der Waals surface area (Å²) in [5, 5.41) is 16.7. The van der Waals surface area contributed by atoms with E-state index in [1.807, 2.05) is 65.0 Å². The van der Waals surface area contributed by atoms with Crippen LogP contribution in [0.3, 0.4) is 0 Å². The normalized spacial score (nSPS) is 12.6. The molecule has 27 heavy (non-hydrogen) atoms. The summed E-state index contributed by atoms with van der Waals surface area (Å²) < 4.78 is 5.86. The minimum atomic E-state index is -0.645. The van der Waals surface area contributed by atoms with Gasteiger partial charge in [-0.2, -0.15) is 10.2 Å². The van der Waals surface area contributed by atoms with E-state index in [1.54, 1.807) is 0 Å². The van der Waals surface area contributed by atoms with Gasteiger partial charge in [-0.15, -0.1) is 0 Å². The Balaban J connectivity index is 1.81. The molecule has 0 amide bonds. The van der Waals surface area contributed by atoms with E-state index < -0.39 is 5.66 Å². The Hall–Kier alpha value is -2.53. The molecule has 4 nitrogen and oxygen atoms in total. The molecule has 0 aliphatic carbocycles. The average molecular weight is 380 g/mol. The van der Waals surface area contributed by atoms with E-state index in [0.717, 1.165) is 5.39 Å². The highest BCUT2D eigenvalue weighted by Gasteiger charge is 2.20. The number of rotatable bonds is 3. The van der Waals surface area contributed by atoms with Crippen LogP contribution in [0, 0.1) is 0 Å². The smallest absolute Gasteiger partial charge is 0.264 e. The van der Waals surface area contributed by atoms with Crippen molar-refractivity contribution < 1.29 is 4.74 Å². The van der Waals surface area contributed by atoms with Crippen molar-refractivity contribution in [3.05, 3.63) is 54.6 Å². The molecule has 0 radical (unpaired) electrons. The van der Waals surface area contributed by atoms with Gasteiger partial charge in [0.25, 0.3) is 5.17 Å². The molecule has 3 aromatic rings. The fourth-order valence-electron chi connectivity index (χ4n) is 2.73. The summed E-state index contributed by atoms with van der Waals surface area (Å²) in [4.78, 5) is 0. The van der Waals surface area contributed by atoms with Crippen molar-refractivity contribution in [1.29, 1.82) is 0 Å². The Morgan fingerprint density at radius 1 is 0.852 bits per heavy atom. The lowest BCUT2D eigenvalue weighted by atomic mass is 10.0. The number of hydrogen-bond acceptors (Lipinski definition) is 4. The van der Waals surface area contributed by atoms with E-state index in [-0.39, 0.29) is 10.7 Å². The summed E-state index contributed by atoms with van der Waals surface area (Å²) in [6.07, 6.45) is 0. The molecule has 0 bridgehead atoms. The van der Waals surface area contributed by atoms with Gasteiger partial charge < -0.3 is 10.1 Å². The topological polar surface area (TPSA) is 46.0 Å². The van der Waals surface area contributed by atoms with Crippen molar-refractivity contribution in [1.82, 2.24) is 5.32 Å². The second-order valence-electron chi connectivity index (χ2n) is 8.11. The van der Waals surface area contributed by atoms with Crippen LogP contribution < -0.4 is 10.1 Å². The highest BCUT2D eigenvalue weighted by molar-refractivity contribution is 7.80. The highest BCUT2D eigenvalue weighted by atomic mass is 32.1. The molecule has 0 atom stereocenters. The minimum Gasteiger partial charge on any atom is -0.432 e. The zero-order chi connectivity index (χ0) is 19.7. The quantitative estimate of drug-likeness (QED) is 0.333. The van der Waals surface area contributed by atoms with E-state index in [1.165, 1.54) is 16.2 Å². The van der Waals surface area contributed by atoms with Crippen LogP contribution >= 0.6 is 12.2 Å². The Bertz CT molecular complexity index is 1020. The monoisotopic (exact) mass is 379 g/mol. The maximum atomic E-state index is 5.86. The van der Waals surface area contributed by atoms with Crippen molar-refractivity contribution in [3.8, 4) is 5.75 Å². The number of azo groups is 1. The lowest BCUT2D eigenvalue weighted by Gasteiger charge is -2.23. The second-order valence-corrected chi connectivity index (χ2v) is 8.48. The summed E-state index contributed by atoms with van der Waals surface area (Å²) in [5.74, 6) is 0.694. The molecule has 0 spiro atoms. The first kappa shape index (κ1) is 19.2. The minimum absolute atomic E-state index is 0.235. The molecule has 0 saturated carbocycles. The molecular formula is C22H25N3OS. The van der Waals surface area contributed by atoms with Crippen LogP contribution in [0.4, 0.5) is 0 Å². The molecule has 5 heteroatoms. The Morgan fingerprint density at radius 2 is 1.48 bits per heavy atom. The van der Waals surface area contributed by atoms with Crippen LogP contribution in [0.5, 0.6) is 5.75 Å². The van der Waals surface area contributed by atoms with Gasteiger partial charge in [0.2, 0.25) is 0 Å². The molecule has 0 unspecified atom stereocenters. The van der Waals surface area contributed by atoms with E-state index in [2.05, 4.69) is 39.8 Å². The summed E-state index contributed by atoms with van der Waals surface area (Å²) >= 11 is 5.38. The van der Waals surface area contributed by atoms with E-state index in [0.29, 0.717) is 5.75 Å². The fraction of sp³-hybridized carbons (Fsp3) is 0.318. The van der Waals surface area contributed by atoms with Crippen LogP contribution in [0.1, 0.15) is 34.6 Å². The van der Waals surface area contributed by atoms with Crippen LogP contribution in [-0.4, -0.2) is 16.4 Å². The van der Waals surface area contributed by atoms with Crippen molar-refractivity contribution in [2.24, 2.45) is 10.2 Å². The largest absolute Gasteiger partial charge is 0.432 e. The highest BCUT2D eigenvalue weighted by Crippen LogP contribution is 2.28. The lowest BCUT2D eigenvalue weighted by molar-refractivity contribution is 0.391. The van der Waals surface area contributed by atoms with Crippen LogP contribution in [-0.2, 0) is 0 Å². The van der Waals surface area contributed by atoms with Crippen molar-refractivity contribution in [2.75, 3.05) is 0 Å². The number of ether oxygens (including phenoxy) is 1. The first-order chi connectivity index (χ1) is 12.6. The van der Waals surface area contributed by atoms with Crippen LogP contribution in [0.2, 0.25) is 0 Å². The predicted molar refractivity (Wildman–Crippen MR) is 117 cm³/mol. The molecule has 0 heterocycles. The van der Waals surface area contributed by atoms with Gasteiger partial charge in [0, 0.05) is 0 Å². The summed E-state index contributed by atoms with van der Waals surface area (Å²) in [6, 6.07) is 18.6. The SMILES string of the molecule is CC(C)(C)N=NC(C)(C)NC(=S)Oc1ccc2ccc3ccccc3c2c1. The van der Waals surface area contributed by atoms with Crippen molar-refractivity contribution >= 4 is 38.9 Å². The zero-order valence-corrected chi connectivity index (χ0v) is 17.2. The molecule has 0 saturated heterocycles. The summed E-state index contributed by atoms with van der Waals surface area (Å²) in [7, 11) is 0. The first-order valence-corrected chi connectivity index (χ1v) is 9.39. The molecule has 3 rings (SSSR count). The molecule has 3 aromatic carbocycles. The maximum absolute atomic E-state index is 5.86. The molecule has 0 aromatic heterocycles. The molecule has 140 valence electrons. The van der Waals surface area contributed by atoms with E-state index in [4.69, 9.17) is 17.0 Å². The number of fused-ring (bicyclic) bond motifs is 3. The molecule has 0 aliphatic rings. The summed E-state index contributed by atoms with van der Waals surface area (Å²) in [6.45, 7) is 9.82. The Kier molecular flexibility index (Phi) is 5.16. The first-order valence-electron chi connectivity index (χ1n) is 8.99. The third-order valence-electron chi connectivity index (χ3n) is 3.94. The van der Waals surface area contributed by atoms with Gasteiger partial charge >= 0.3 is 0 Å². The Morgan fingerprint density at radius 3 is 2.19 bits per heavy atom. The zero-order valence-electron chi connectivity index (χ0n) is 16.4. The van der Waals surface area contributed by atoms with Gasteiger partial charge in [0.05, 0.1) is 5.54 Å². The standard InChI is InChI=1S/C22H25N3OS/c1-21(2,3)24-25-22(4,5)23-20(27)26-17-13-12-16-11-10-15-8-6-7-9-18(15)19(16)14-17/h6-14H,1-5H3,(H,23,27). The van der Waals surface area contributed by atoms with Crippen molar-refractivity contribution in [3.63, 3.8) is 0 Å². The van der Waals surface area contributed by atoms with Crippen LogP contribution in [0.15, 0.2) is 64.8 Å². The number of nitrogens with one attached hydrogen (secondary N) is 1. The van der Waals surface area contributed by atoms with Crippen LogP contribution in [0.25, 0.3) is 21.5 Å². The predicted octanol–water partition coefficient (Wildman–Crippen LogP) is 6.23. The molecule has 1 N–H and O–H groups in total. The molecule has 0 fully saturated rings. The number of benzene rings is 3. The van der Waals surface area contributed by atoms with Gasteiger partial charge in [0.1, 0.15) is 11.4 Å². The van der Waals surface area contributed by atoms with Crippen molar-refractivity contribution in [2.45, 2.75) is 45.8 Å². The Labute approximate surface area is 165 Å². The number of hydrogen-bond donors (Lipinski definition) is 1. The van der Waals surface area contributed by atoms with Gasteiger partial charge in [-0.05, 0) is 80.5 Å². The maximum Gasteiger partial charge on any atom is 0.264 e. The molecular weight excluding hydrogens is 354 g/mol.